The molecule has 0 radical (unpaired) electrons. The molecule has 0 spiro atoms. The lowest BCUT2D eigenvalue weighted by Crippen LogP contribution is -2.62. The highest BCUT2D eigenvalue weighted by molar-refractivity contribution is 6.07. The molecule has 0 saturated carbocycles. The predicted molar refractivity (Wildman–Crippen MR) is 317 cm³/mol. The molecule has 84 heavy (non-hydrogen) atoms. The number of rotatable bonds is 18. The molecule has 0 aromatic heterocycles. The summed E-state index contributed by atoms with van der Waals surface area (Å²) in [7, 11) is 3.26. The van der Waals surface area contributed by atoms with Crippen LogP contribution in [0.3, 0.4) is 0 Å². The van der Waals surface area contributed by atoms with E-state index in [2.05, 4.69) is 42.5 Å². The Bertz CT molecular complexity index is 3090. The fourth-order valence-electron chi connectivity index (χ4n) is 10.3. The fourth-order valence-corrected chi connectivity index (χ4v) is 10.3. The summed E-state index contributed by atoms with van der Waals surface area (Å²) in [6, 6.07) is 21.7. The highest BCUT2D eigenvalue weighted by Gasteiger charge is 2.45. The lowest BCUT2D eigenvalue weighted by atomic mass is 9.84. The van der Waals surface area contributed by atoms with E-state index in [1.165, 1.54) is 46.2 Å². The molecular formula is C64H78F2N10O8. The van der Waals surface area contributed by atoms with Crippen LogP contribution in [0.1, 0.15) is 135 Å². The van der Waals surface area contributed by atoms with Crippen molar-refractivity contribution in [2.45, 2.75) is 144 Å². The molecule has 8 atom stereocenters. The van der Waals surface area contributed by atoms with Crippen LogP contribution in [0.5, 0.6) is 0 Å². The van der Waals surface area contributed by atoms with Crippen molar-refractivity contribution in [1.82, 2.24) is 41.7 Å². The maximum atomic E-state index is 14.8. The summed E-state index contributed by atoms with van der Waals surface area (Å²) in [5.41, 5.74) is 3.01. The van der Waals surface area contributed by atoms with Gasteiger partial charge in [0, 0.05) is 59.6 Å². The van der Waals surface area contributed by atoms with E-state index in [1.807, 2.05) is 41.5 Å². The Balaban J connectivity index is 1.07. The van der Waals surface area contributed by atoms with Crippen molar-refractivity contribution in [3.8, 4) is 0 Å². The minimum Gasteiger partial charge on any atom is -0.348 e. The predicted octanol–water partition coefficient (Wildman–Crippen LogP) is 7.01. The number of amides is 8. The van der Waals surface area contributed by atoms with Gasteiger partial charge in [0.25, 0.3) is 11.8 Å². The zero-order valence-electron chi connectivity index (χ0n) is 49.8. The Labute approximate surface area is 490 Å². The highest BCUT2D eigenvalue weighted by Crippen LogP contribution is 2.33. The van der Waals surface area contributed by atoms with Gasteiger partial charge < -0.3 is 52.3 Å². The summed E-state index contributed by atoms with van der Waals surface area (Å²) >= 11 is 0. The van der Waals surface area contributed by atoms with E-state index in [1.54, 1.807) is 115 Å². The summed E-state index contributed by atoms with van der Waals surface area (Å²) in [5, 5.41) is 23.2. The van der Waals surface area contributed by atoms with Crippen LogP contribution in [0.2, 0.25) is 0 Å². The molecule has 5 aromatic carbocycles. The highest BCUT2D eigenvalue weighted by atomic mass is 19.1. The second-order valence-electron chi connectivity index (χ2n) is 24.0. The zero-order valence-corrected chi connectivity index (χ0v) is 49.8. The average Bonchev–Trinajstić information content (AvgIpc) is 3.65. The zero-order chi connectivity index (χ0) is 61.5. The van der Waals surface area contributed by atoms with Gasteiger partial charge >= 0.3 is 0 Å². The normalized spacial score (nSPS) is 17.1. The molecule has 446 valence electrons. The van der Waals surface area contributed by atoms with Crippen LogP contribution >= 0.6 is 0 Å². The molecule has 1 unspecified atom stereocenters. The van der Waals surface area contributed by atoms with E-state index >= 15 is 0 Å². The molecule has 0 bridgehead atoms. The van der Waals surface area contributed by atoms with Gasteiger partial charge in [-0.3, -0.25) is 38.4 Å². The fraction of sp³-hybridized carbons (Fsp3) is 0.406. The van der Waals surface area contributed by atoms with Crippen molar-refractivity contribution in [3.63, 3.8) is 0 Å². The maximum absolute atomic E-state index is 14.8. The SMILES string of the molecule is CN[C@@H](C)C(=O)N[C@H](C(=O)N1Cc2cc(NC(=O)c3ccc(C(=O)Nc4ccc5c(c4)CN(C(=O)[C@@H](NC(=O)[C@H](C)NC)C(C)(C)C)[C@H](C(=O)N[C@H](C)c4ccccc4F)C5)cc3)ccc2C[C@H]1C(=O)NC(C)c1ccccc1F)C(C)(C)C. The van der Waals surface area contributed by atoms with Gasteiger partial charge in [0.15, 0.2) is 0 Å². The molecule has 5 aromatic rings. The van der Waals surface area contributed by atoms with Crippen molar-refractivity contribution >= 4 is 58.6 Å². The molecule has 2 heterocycles. The van der Waals surface area contributed by atoms with Crippen LogP contribution in [0.4, 0.5) is 20.2 Å². The first-order chi connectivity index (χ1) is 39.6. The number of carbonyl (C=O) groups excluding carboxylic acids is 8. The number of halogens is 2. The van der Waals surface area contributed by atoms with E-state index < -0.39 is 118 Å². The van der Waals surface area contributed by atoms with Gasteiger partial charge in [0.05, 0.1) is 24.2 Å². The third-order valence-electron chi connectivity index (χ3n) is 15.7. The average molecular weight is 1150 g/mol. The topological polar surface area (TPSA) is 239 Å². The molecule has 7 rings (SSSR count). The van der Waals surface area contributed by atoms with E-state index in [9.17, 15) is 47.1 Å². The summed E-state index contributed by atoms with van der Waals surface area (Å²) in [4.78, 5) is 115. The Morgan fingerprint density at radius 2 is 0.821 bits per heavy atom. The van der Waals surface area contributed by atoms with Crippen molar-refractivity contribution in [1.29, 1.82) is 0 Å². The Hall–Kier alpha value is -8.36. The van der Waals surface area contributed by atoms with Gasteiger partial charge in [-0.05, 0) is 136 Å². The lowest BCUT2D eigenvalue weighted by Gasteiger charge is -2.41. The van der Waals surface area contributed by atoms with Crippen LogP contribution in [0, 0.1) is 22.5 Å². The first-order valence-corrected chi connectivity index (χ1v) is 28.2. The molecule has 2 aliphatic heterocycles. The number of nitrogens with zero attached hydrogens (tertiary/aromatic N) is 2. The first-order valence-electron chi connectivity index (χ1n) is 28.2. The monoisotopic (exact) mass is 1150 g/mol. The first kappa shape index (κ1) is 63.2. The summed E-state index contributed by atoms with van der Waals surface area (Å²) in [5.74, 6) is -4.79. The van der Waals surface area contributed by atoms with Gasteiger partial charge in [-0.15, -0.1) is 0 Å². The summed E-state index contributed by atoms with van der Waals surface area (Å²) in [6.07, 6.45) is 0.174. The number of nitrogens with one attached hydrogen (secondary N) is 8. The van der Waals surface area contributed by atoms with Crippen molar-refractivity contribution in [2.24, 2.45) is 10.8 Å². The Morgan fingerprint density at radius 3 is 1.14 bits per heavy atom. The maximum Gasteiger partial charge on any atom is 0.255 e. The van der Waals surface area contributed by atoms with E-state index in [4.69, 9.17) is 0 Å². The smallest absolute Gasteiger partial charge is 0.255 e. The number of fused-ring (bicyclic) bond motifs is 2. The lowest BCUT2D eigenvalue weighted by molar-refractivity contribution is -0.147. The van der Waals surface area contributed by atoms with Crippen molar-refractivity contribution < 1.29 is 47.1 Å². The standard InChI is InChI=1S/C64H78F2N10O8/c1-35(47-17-13-15-19-49(47)65)69-59(81)51-31-41-25-27-45(29-43(41)33-75(51)61(83)53(63(5,6)7)73-55(77)37(3)67-11)71-57(79)39-21-23-40(24-22-39)58(80)72-46-28-26-42-32-52(60(82)70-36(2)48-18-14-16-20-50(48)66)76(34-44(42)30-46)62(84)54(64(8,9)10)74-56(78)38(4)68-12/h13-30,35-38,51-54,67-68H,31-34H2,1-12H3,(H,69,81)(H,70,82)(H,71,79)(H,72,80)(H,73,77)(H,74,78)/t35-,36?,37+,38+,51+,52+,53-,54-/m1/s1. The van der Waals surface area contributed by atoms with Crippen molar-refractivity contribution in [2.75, 3.05) is 24.7 Å². The second-order valence-corrected chi connectivity index (χ2v) is 24.0. The number of carbonyl (C=O) groups is 8. The van der Waals surface area contributed by atoms with Gasteiger partial charge in [0.2, 0.25) is 35.4 Å². The quantitative estimate of drug-likeness (QED) is 0.0447. The Morgan fingerprint density at radius 1 is 0.476 bits per heavy atom. The molecule has 8 N–H and O–H groups in total. The number of hydrogen-bond donors (Lipinski definition) is 8. The van der Waals surface area contributed by atoms with Crippen LogP contribution in [0.15, 0.2) is 109 Å². The van der Waals surface area contributed by atoms with Gasteiger partial charge in [-0.25, -0.2) is 8.78 Å². The molecule has 2 aliphatic rings. The van der Waals surface area contributed by atoms with Gasteiger partial charge in [0.1, 0.15) is 35.8 Å². The largest absolute Gasteiger partial charge is 0.348 e. The van der Waals surface area contributed by atoms with Crippen molar-refractivity contribution in [3.05, 3.63) is 165 Å². The van der Waals surface area contributed by atoms with Gasteiger partial charge in [-0.1, -0.05) is 90.1 Å². The third-order valence-corrected chi connectivity index (χ3v) is 15.7. The number of anilines is 2. The molecule has 18 nitrogen and oxygen atoms in total. The van der Waals surface area contributed by atoms with E-state index in [0.29, 0.717) is 22.5 Å². The summed E-state index contributed by atoms with van der Waals surface area (Å²) in [6.45, 7) is 17.4. The molecule has 0 aliphatic carbocycles. The Kier molecular flexibility index (Phi) is 19.9. The number of benzene rings is 5. The van der Waals surface area contributed by atoms with Crippen LogP contribution in [-0.4, -0.2) is 107 Å². The van der Waals surface area contributed by atoms with E-state index in [0.717, 1.165) is 11.1 Å². The third kappa shape index (κ3) is 14.9. The summed E-state index contributed by atoms with van der Waals surface area (Å²) < 4.78 is 29.7. The molecule has 8 amide bonds. The van der Waals surface area contributed by atoms with Gasteiger partial charge in [-0.2, -0.15) is 0 Å². The molecule has 0 fully saturated rings. The molecule has 0 saturated heterocycles. The van der Waals surface area contributed by atoms with Crippen LogP contribution < -0.4 is 42.5 Å². The number of likely N-dealkylation sites (N-methyl/N-ethyl adjacent to an activating group) is 2. The van der Waals surface area contributed by atoms with E-state index in [-0.39, 0.29) is 48.2 Å². The van der Waals surface area contributed by atoms with Crippen LogP contribution in [-0.2, 0) is 54.7 Å². The molecular weight excluding hydrogens is 1070 g/mol. The minimum absolute atomic E-state index is 0.0537. The van der Waals surface area contributed by atoms with Crippen LogP contribution in [0.25, 0.3) is 0 Å². The second kappa shape index (κ2) is 26.5. The number of hydrogen-bond acceptors (Lipinski definition) is 10. The minimum atomic E-state index is -1.04. The molecule has 20 heteroatoms.